The van der Waals surface area contributed by atoms with Gasteiger partial charge in [0.05, 0.1) is 43.6 Å². The van der Waals surface area contributed by atoms with Crippen LogP contribution >= 0.6 is 0 Å². The Morgan fingerprint density at radius 3 is 1.02 bits per heavy atom. The molecule has 0 saturated carbocycles. The molecule has 302 valence electrons. The van der Waals surface area contributed by atoms with Crippen molar-refractivity contribution in [1.29, 1.82) is 0 Å². The molecule has 0 spiro atoms. The summed E-state index contributed by atoms with van der Waals surface area (Å²) in [6, 6.07) is 26.9. The zero-order valence-electron chi connectivity index (χ0n) is 28.3. The Bertz CT molecular complexity index is 1950. The van der Waals surface area contributed by atoms with Gasteiger partial charge in [-0.15, -0.1) is 0 Å². The Balaban J connectivity index is 0.000000299. The summed E-state index contributed by atoms with van der Waals surface area (Å²) in [6.07, 6.45) is -32.4. The molecule has 0 saturated heterocycles. The molecule has 0 amide bonds. The van der Waals surface area contributed by atoms with Gasteiger partial charge in [0.15, 0.2) is 14.7 Å². The van der Waals surface area contributed by atoms with Crippen molar-refractivity contribution in [3.8, 4) is 0 Å². The largest absolute Gasteiger partial charge is 0.744 e. The first-order chi connectivity index (χ1) is 25.0. The molecule has 0 aliphatic rings. The van der Waals surface area contributed by atoms with Crippen LogP contribution in [0.15, 0.2) is 92.4 Å². The highest BCUT2D eigenvalue weighted by molar-refractivity contribution is 7.97. The highest BCUT2D eigenvalue weighted by atomic mass is 32.2. The highest BCUT2D eigenvalue weighted by Gasteiger charge is 2.61. The van der Waals surface area contributed by atoms with Crippen molar-refractivity contribution in [3.63, 3.8) is 0 Å². The van der Waals surface area contributed by atoms with Gasteiger partial charge in [0, 0.05) is 11.1 Å². The van der Waals surface area contributed by atoms with E-state index in [0.717, 1.165) is 19.3 Å². The smallest absolute Gasteiger partial charge is 0.418 e. The first-order valence-electron chi connectivity index (χ1n) is 15.6. The molecule has 0 heterocycles. The molecule has 0 atom stereocenters. The van der Waals surface area contributed by atoms with Crippen LogP contribution in [0.25, 0.3) is 0 Å². The van der Waals surface area contributed by atoms with Crippen molar-refractivity contribution in [2.45, 2.75) is 90.5 Å². The Hall–Kier alpha value is -3.91. The van der Waals surface area contributed by atoms with Gasteiger partial charge in [0.1, 0.15) is 10.1 Å². The lowest BCUT2D eigenvalue weighted by Crippen LogP contribution is -2.34. The van der Waals surface area contributed by atoms with Crippen LogP contribution in [0.3, 0.4) is 0 Å². The number of halogens is 15. The minimum atomic E-state index is -7.52. The van der Waals surface area contributed by atoms with Crippen molar-refractivity contribution in [2.24, 2.45) is 0 Å². The molecule has 4 aromatic rings. The van der Waals surface area contributed by atoms with Crippen LogP contribution in [-0.4, -0.2) is 13.0 Å². The lowest BCUT2D eigenvalue weighted by atomic mass is 9.89. The minimum absolute atomic E-state index is 0.0478. The third-order valence-corrected chi connectivity index (χ3v) is 11.1. The number of aryl methyl sites for hydroxylation is 3. The van der Waals surface area contributed by atoms with E-state index in [4.69, 9.17) is 0 Å². The van der Waals surface area contributed by atoms with Gasteiger partial charge in [0.25, 0.3) is 0 Å². The molecule has 55 heavy (non-hydrogen) atoms. The summed E-state index contributed by atoms with van der Waals surface area (Å²) in [5, 5.41) is 0. The molecule has 3 nitrogen and oxygen atoms in total. The standard InChI is InChI=1S/C24H27S.C11HF15O3S/c1-4-19-17-20(5-2)24(21(6-3)18-19)25(22-13-9-7-10-14-22)23-15-11-8-12-16-23;12-7(13,14)1-2(8(15,16)17)4(10(21,22)23)6(30(27,28)29)5(11(24,25)26)3(1)9(18,19)20/h7-18H,4-6H2,1-3H3;(H,27,28,29)/q+1;/p-1. The molecular formula is C35H27F15O3S2. The number of alkyl halides is 15. The molecule has 0 aromatic heterocycles. The maximum Gasteiger partial charge on any atom is 0.418 e. The van der Waals surface area contributed by atoms with Crippen molar-refractivity contribution in [2.75, 3.05) is 0 Å². The summed E-state index contributed by atoms with van der Waals surface area (Å²) < 4.78 is 228. The molecule has 0 radical (unpaired) electrons. The van der Waals surface area contributed by atoms with Crippen molar-refractivity contribution in [1.82, 2.24) is 0 Å². The Kier molecular flexibility index (Phi) is 13.5. The highest BCUT2D eigenvalue weighted by Crippen LogP contribution is 2.57. The van der Waals surface area contributed by atoms with Crippen molar-refractivity contribution in [3.05, 3.63) is 117 Å². The summed E-state index contributed by atoms with van der Waals surface area (Å²) in [5.41, 5.74) is -17.7. The summed E-state index contributed by atoms with van der Waals surface area (Å²) in [7, 11) is -7.56. The topological polar surface area (TPSA) is 57.2 Å². The first kappa shape index (κ1) is 45.5. The van der Waals surface area contributed by atoms with Gasteiger partial charge in [-0.05, 0) is 49.1 Å². The van der Waals surface area contributed by atoms with Gasteiger partial charge in [-0.25, -0.2) is 8.42 Å². The predicted molar refractivity (Wildman–Crippen MR) is 169 cm³/mol. The van der Waals surface area contributed by atoms with Gasteiger partial charge in [-0.3, -0.25) is 0 Å². The lowest BCUT2D eigenvalue weighted by molar-refractivity contribution is -0.191. The van der Waals surface area contributed by atoms with Crippen LogP contribution in [-0.2, 0) is 71.2 Å². The second kappa shape index (κ2) is 16.3. The first-order valence-corrected chi connectivity index (χ1v) is 18.2. The zero-order valence-corrected chi connectivity index (χ0v) is 29.9. The molecule has 4 aromatic carbocycles. The van der Waals surface area contributed by atoms with E-state index < -0.39 is 73.7 Å². The summed E-state index contributed by atoms with van der Waals surface area (Å²) in [4.78, 5) is 0.166. The fourth-order valence-corrected chi connectivity index (χ4v) is 9.14. The Morgan fingerprint density at radius 2 is 0.782 bits per heavy atom. The lowest BCUT2D eigenvalue weighted by Gasteiger charge is -2.31. The molecule has 4 rings (SSSR count). The predicted octanol–water partition coefficient (Wildman–Crippen LogP) is 12.2. The minimum Gasteiger partial charge on any atom is -0.744 e. The van der Waals surface area contributed by atoms with Crippen LogP contribution in [0.5, 0.6) is 0 Å². The van der Waals surface area contributed by atoms with Crippen LogP contribution in [0.1, 0.15) is 65.3 Å². The van der Waals surface area contributed by atoms with E-state index in [1.165, 1.54) is 26.5 Å². The van der Waals surface area contributed by atoms with E-state index in [0.29, 0.717) is 0 Å². The molecule has 20 heteroatoms. The van der Waals surface area contributed by atoms with Crippen LogP contribution in [0, 0.1) is 0 Å². The van der Waals surface area contributed by atoms with Crippen LogP contribution in [0.4, 0.5) is 65.9 Å². The van der Waals surface area contributed by atoms with E-state index >= 15 is 0 Å². The average molecular weight is 845 g/mol. The normalized spacial score (nSPS) is 13.2. The van der Waals surface area contributed by atoms with Crippen molar-refractivity contribution >= 4 is 21.0 Å². The van der Waals surface area contributed by atoms with Crippen LogP contribution in [0.2, 0.25) is 0 Å². The molecule has 0 aliphatic carbocycles. The number of hydrogen-bond acceptors (Lipinski definition) is 3. The maximum absolute atomic E-state index is 13.0. The van der Waals surface area contributed by atoms with Gasteiger partial charge < -0.3 is 4.55 Å². The van der Waals surface area contributed by atoms with Gasteiger partial charge in [-0.2, -0.15) is 65.9 Å². The third-order valence-electron chi connectivity index (χ3n) is 7.76. The number of rotatable bonds is 7. The van der Waals surface area contributed by atoms with E-state index in [1.54, 1.807) is 4.90 Å². The molecular weight excluding hydrogens is 817 g/mol. The molecule has 0 fully saturated rings. The van der Waals surface area contributed by atoms with Gasteiger partial charge in [-0.1, -0.05) is 69.3 Å². The quantitative estimate of drug-likeness (QED) is 0.106. The Labute approximate surface area is 307 Å². The SMILES string of the molecule is CCc1cc(CC)c([S+](c2ccccc2)c2ccccc2)c(CC)c1.O=S(=O)([O-])c1c(C(F)(F)F)c(C(F)(F)F)c(C(F)(F)F)c(C(F)(F)F)c1C(F)(F)F. The van der Waals surface area contributed by atoms with Crippen LogP contribution < -0.4 is 0 Å². The van der Waals surface area contributed by atoms with Gasteiger partial charge in [0.2, 0.25) is 0 Å². The summed E-state index contributed by atoms with van der Waals surface area (Å²) in [6.45, 7) is 6.83. The van der Waals surface area contributed by atoms with E-state index in [2.05, 4.69) is 93.6 Å². The molecule has 0 unspecified atom stereocenters. The van der Waals surface area contributed by atoms with E-state index in [-0.39, 0.29) is 10.9 Å². The molecule has 0 N–H and O–H groups in total. The maximum atomic E-state index is 13.0. The molecule has 0 bridgehead atoms. The fraction of sp³-hybridized carbons (Fsp3) is 0.314. The second-order valence-corrected chi connectivity index (χ2v) is 14.7. The summed E-state index contributed by atoms with van der Waals surface area (Å²) in [5.74, 6) is 0. The molecule has 0 aliphatic heterocycles. The number of benzene rings is 4. The Morgan fingerprint density at radius 1 is 0.491 bits per heavy atom. The fourth-order valence-electron chi connectivity index (χ4n) is 5.67. The van der Waals surface area contributed by atoms with E-state index in [9.17, 15) is 78.8 Å². The monoisotopic (exact) mass is 844 g/mol. The van der Waals surface area contributed by atoms with Gasteiger partial charge >= 0.3 is 30.9 Å². The second-order valence-electron chi connectivity index (χ2n) is 11.4. The summed E-state index contributed by atoms with van der Waals surface area (Å²) >= 11 is 0. The zero-order chi connectivity index (χ0) is 42.1. The number of hydrogen-bond donors (Lipinski definition) is 0. The van der Waals surface area contributed by atoms with E-state index in [1.807, 2.05) is 0 Å². The average Bonchev–Trinajstić information content (AvgIpc) is 3.05. The van der Waals surface area contributed by atoms with Crippen molar-refractivity contribution < 1.29 is 78.8 Å². The third kappa shape index (κ3) is 10.3.